The zero-order valence-corrected chi connectivity index (χ0v) is 15.5. The highest BCUT2D eigenvalue weighted by molar-refractivity contribution is 6.03. The van der Waals surface area contributed by atoms with E-state index in [1.807, 2.05) is 24.3 Å². The Labute approximate surface area is 161 Å². The lowest BCUT2D eigenvalue weighted by atomic mass is 10.2. The number of nitrogens with zero attached hydrogens (tertiary/aromatic N) is 2. The topological polar surface area (TPSA) is 61.9 Å². The molecule has 3 rings (SSSR count). The lowest BCUT2D eigenvalue weighted by Crippen LogP contribution is -2.49. The molecule has 0 aromatic heterocycles. The highest BCUT2D eigenvalue weighted by Crippen LogP contribution is 2.21. The number of nitrogens with one attached hydrogen (secondary N) is 1. The summed E-state index contributed by atoms with van der Waals surface area (Å²) in [6.45, 7) is 2.18. The van der Waals surface area contributed by atoms with Crippen molar-refractivity contribution in [2.45, 2.75) is 6.42 Å². The minimum absolute atomic E-state index is 0.372. The SMILES string of the molecule is COc1ccc(N2CCN(C(=O)CC(=O)Nc3c(F)cccc3F)CC2)cc1. The molecule has 2 amide bonds. The summed E-state index contributed by atoms with van der Waals surface area (Å²) < 4.78 is 32.3. The number of piperazine rings is 1. The molecule has 1 aliphatic rings. The van der Waals surface area contributed by atoms with Crippen LogP contribution in [0.5, 0.6) is 5.75 Å². The van der Waals surface area contributed by atoms with Crippen LogP contribution in [-0.4, -0.2) is 50.0 Å². The number of anilines is 2. The molecule has 0 aliphatic carbocycles. The molecule has 0 bridgehead atoms. The first-order valence-electron chi connectivity index (χ1n) is 8.88. The smallest absolute Gasteiger partial charge is 0.233 e. The summed E-state index contributed by atoms with van der Waals surface area (Å²) in [5, 5.41) is 2.14. The predicted molar refractivity (Wildman–Crippen MR) is 101 cm³/mol. The van der Waals surface area contributed by atoms with Crippen LogP contribution < -0.4 is 15.0 Å². The Morgan fingerprint density at radius 2 is 1.61 bits per heavy atom. The van der Waals surface area contributed by atoms with Crippen LogP contribution in [0.25, 0.3) is 0 Å². The molecule has 0 atom stereocenters. The quantitative estimate of drug-likeness (QED) is 0.799. The summed E-state index contributed by atoms with van der Waals surface area (Å²) in [4.78, 5) is 28.1. The van der Waals surface area contributed by atoms with Crippen molar-refractivity contribution in [3.05, 3.63) is 54.1 Å². The summed E-state index contributed by atoms with van der Waals surface area (Å²) in [6, 6.07) is 10.9. The van der Waals surface area contributed by atoms with Gasteiger partial charge in [-0.1, -0.05) is 6.07 Å². The summed E-state index contributed by atoms with van der Waals surface area (Å²) in [5.74, 6) is -2.10. The largest absolute Gasteiger partial charge is 0.497 e. The van der Waals surface area contributed by atoms with E-state index in [1.165, 1.54) is 6.07 Å². The molecule has 1 aliphatic heterocycles. The molecule has 1 heterocycles. The van der Waals surface area contributed by atoms with E-state index in [4.69, 9.17) is 4.74 Å². The van der Waals surface area contributed by atoms with Crippen LogP contribution in [0.2, 0.25) is 0 Å². The molecule has 2 aromatic rings. The van der Waals surface area contributed by atoms with Crippen molar-refractivity contribution >= 4 is 23.2 Å². The molecule has 0 saturated carbocycles. The van der Waals surface area contributed by atoms with Gasteiger partial charge in [0.15, 0.2) is 0 Å². The summed E-state index contributed by atoms with van der Waals surface area (Å²) in [5.41, 5.74) is 0.491. The van der Waals surface area contributed by atoms with Crippen molar-refractivity contribution in [3.63, 3.8) is 0 Å². The van der Waals surface area contributed by atoms with E-state index in [0.29, 0.717) is 26.2 Å². The van der Waals surface area contributed by atoms with Crippen LogP contribution in [0.3, 0.4) is 0 Å². The van der Waals surface area contributed by atoms with Gasteiger partial charge in [0, 0.05) is 31.9 Å². The van der Waals surface area contributed by atoms with E-state index < -0.39 is 29.6 Å². The lowest BCUT2D eigenvalue weighted by molar-refractivity contribution is -0.134. The van der Waals surface area contributed by atoms with Crippen LogP contribution in [0, 0.1) is 11.6 Å². The van der Waals surface area contributed by atoms with E-state index in [9.17, 15) is 18.4 Å². The van der Waals surface area contributed by atoms with Crippen LogP contribution in [0.1, 0.15) is 6.42 Å². The number of benzene rings is 2. The van der Waals surface area contributed by atoms with Gasteiger partial charge in [-0.05, 0) is 36.4 Å². The maximum absolute atomic E-state index is 13.6. The number of carbonyl (C=O) groups excluding carboxylic acids is 2. The highest BCUT2D eigenvalue weighted by atomic mass is 19.1. The number of carbonyl (C=O) groups is 2. The van der Waals surface area contributed by atoms with Crippen LogP contribution in [0.15, 0.2) is 42.5 Å². The van der Waals surface area contributed by atoms with Crippen LogP contribution >= 0.6 is 0 Å². The fraction of sp³-hybridized carbons (Fsp3) is 0.300. The number of para-hydroxylation sites is 1. The molecule has 0 spiro atoms. The van der Waals surface area contributed by atoms with Crippen LogP contribution in [-0.2, 0) is 9.59 Å². The molecule has 1 N–H and O–H groups in total. The first-order valence-corrected chi connectivity index (χ1v) is 8.88. The summed E-state index contributed by atoms with van der Waals surface area (Å²) >= 11 is 0. The standard InChI is InChI=1S/C20H21F2N3O3/c1-28-15-7-5-14(6-8-15)24-9-11-25(12-10-24)19(27)13-18(26)23-20-16(21)3-2-4-17(20)22/h2-8H,9-13H2,1H3,(H,23,26). The number of amides is 2. The van der Waals surface area contributed by atoms with Crippen molar-refractivity contribution in [2.24, 2.45) is 0 Å². The number of methoxy groups -OCH3 is 1. The fourth-order valence-corrected chi connectivity index (χ4v) is 3.06. The molecule has 148 valence electrons. The minimum Gasteiger partial charge on any atom is -0.497 e. The van der Waals surface area contributed by atoms with Gasteiger partial charge in [0.1, 0.15) is 29.5 Å². The van der Waals surface area contributed by atoms with Gasteiger partial charge < -0.3 is 19.9 Å². The zero-order valence-electron chi connectivity index (χ0n) is 15.5. The van der Waals surface area contributed by atoms with Gasteiger partial charge in [-0.15, -0.1) is 0 Å². The van der Waals surface area contributed by atoms with Gasteiger partial charge in [0.25, 0.3) is 0 Å². The average molecular weight is 389 g/mol. The third kappa shape index (κ3) is 4.57. The van der Waals surface area contributed by atoms with E-state index in [2.05, 4.69) is 10.2 Å². The molecule has 8 heteroatoms. The van der Waals surface area contributed by atoms with Crippen molar-refractivity contribution in [2.75, 3.05) is 43.5 Å². The van der Waals surface area contributed by atoms with Crippen molar-refractivity contribution < 1.29 is 23.1 Å². The summed E-state index contributed by atoms with van der Waals surface area (Å²) in [7, 11) is 1.61. The highest BCUT2D eigenvalue weighted by Gasteiger charge is 2.23. The normalized spacial score (nSPS) is 14.0. The van der Waals surface area contributed by atoms with Crippen molar-refractivity contribution in [1.82, 2.24) is 4.90 Å². The number of ether oxygens (including phenoxy) is 1. The third-order valence-corrected chi connectivity index (χ3v) is 4.61. The Morgan fingerprint density at radius 1 is 1.00 bits per heavy atom. The van der Waals surface area contributed by atoms with Gasteiger partial charge in [0.05, 0.1) is 7.11 Å². The number of hydrogen-bond acceptors (Lipinski definition) is 4. The Hall–Kier alpha value is -3.16. The zero-order chi connectivity index (χ0) is 20.1. The maximum atomic E-state index is 13.6. The maximum Gasteiger partial charge on any atom is 0.233 e. The Morgan fingerprint density at radius 3 is 2.18 bits per heavy atom. The molecule has 28 heavy (non-hydrogen) atoms. The number of hydrogen-bond donors (Lipinski definition) is 1. The van der Waals surface area contributed by atoms with Gasteiger partial charge in [-0.3, -0.25) is 9.59 Å². The minimum atomic E-state index is -0.881. The van der Waals surface area contributed by atoms with Crippen molar-refractivity contribution in [1.29, 1.82) is 0 Å². The van der Waals surface area contributed by atoms with Crippen molar-refractivity contribution in [3.8, 4) is 5.75 Å². The average Bonchev–Trinajstić information content (AvgIpc) is 2.71. The number of halogens is 2. The first kappa shape index (κ1) is 19.6. The second-order valence-electron chi connectivity index (χ2n) is 6.39. The molecular formula is C20H21F2N3O3. The van der Waals surface area contributed by atoms with E-state index in [1.54, 1.807) is 12.0 Å². The Kier molecular flexibility index (Phi) is 6.08. The molecule has 0 radical (unpaired) electrons. The lowest BCUT2D eigenvalue weighted by Gasteiger charge is -2.36. The molecule has 6 nitrogen and oxygen atoms in total. The monoisotopic (exact) mass is 389 g/mol. The number of rotatable bonds is 5. The Balaban J connectivity index is 1.51. The summed E-state index contributed by atoms with van der Waals surface area (Å²) in [6.07, 6.45) is -0.462. The first-order chi connectivity index (χ1) is 13.5. The van der Waals surface area contributed by atoms with Gasteiger partial charge in [-0.2, -0.15) is 0 Å². The fourth-order valence-electron chi connectivity index (χ4n) is 3.06. The Bertz CT molecular complexity index is 830. The van der Waals surface area contributed by atoms with Gasteiger partial charge >= 0.3 is 0 Å². The predicted octanol–water partition coefficient (Wildman–Crippen LogP) is 2.65. The second kappa shape index (κ2) is 8.69. The van der Waals surface area contributed by atoms with E-state index >= 15 is 0 Å². The second-order valence-corrected chi connectivity index (χ2v) is 6.39. The van der Waals surface area contributed by atoms with E-state index in [-0.39, 0.29) is 5.91 Å². The van der Waals surface area contributed by atoms with Crippen LogP contribution in [0.4, 0.5) is 20.2 Å². The van der Waals surface area contributed by atoms with Gasteiger partial charge in [0.2, 0.25) is 11.8 Å². The van der Waals surface area contributed by atoms with Gasteiger partial charge in [-0.25, -0.2) is 8.78 Å². The molecule has 1 fully saturated rings. The third-order valence-electron chi connectivity index (χ3n) is 4.61. The molecule has 2 aromatic carbocycles. The van der Waals surface area contributed by atoms with E-state index in [0.717, 1.165) is 23.6 Å². The molecule has 0 unspecified atom stereocenters. The molecule has 1 saturated heterocycles. The molecular weight excluding hydrogens is 368 g/mol.